The van der Waals surface area contributed by atoms with Crippen molar-refractivity contribution in [3.63, 3.8) is 0 Å². The molecule has 2 N–H and O–H groups in total. The summed E-state index contributed by atoms with van der Waals surface area (Å²) in [7, 11) is 1.67. The van der Waals surface area contributed by atoms with Gasteiger partial charge in [-0.3, -0.25) is 0 Å². The second-order valence-corrected chi connectivity index (χ2v) is 5.04. The van der Waals surface area contributed by atoms with Crippen LogP contribution in [0.15, 0.2) is 42.5 Å². The van der Waals surface area contributed by atoms with Gasteiger partial charge < -0.3 is 10.5 Å². The van der Waals surface area contributed by atoms with Crippen LogP contribution in [0.4, 0.5) is 0 Å². The van der Waals surface area contributed by atoms with E-state index in [1.165, 1.54) is 0 Å². The topological polar surface area (TPSA) is 35.2 Å². The number of aryl methyl sites for hydroxylation is 1. The largest absolute Gasteiger partial charge is 0.496 e. The Morgan fingerprint density at radius 2 is 1.95 bits per heavy atom. The number of methoxy groups -OCH3 is 1. The Hall–Kier alpha value is -1.51. The molecule has 0 saturated carbocycles. The van der Waals surface area contributed by atoms with Crippen molar-refractivity contribution < 1.29 is 4.74 Å². The van der Waals surface area contributed by atoms with Crippen molar-refractivity contribution in [3.05, 3.63) is 64.2 Å². The fourth-order valence-corrected chi connectivity index (χ4v) is 2.26. The average molecular weight is 276 g/mol. The molecular weight excluding hydrogens is 258 g/mol. The summed E-state index contributed by atoms with van der Waals surface area (Å²) in [6, 6.07) is 13.8. The zero-order chi connectivity index (χ0) is 13.8. The van der Waals surface area contributed by atoms with Crippen LogP contribution in [-0.2, 0) is 6.42 Å². The van der Waals surface area contributed by atoms with E-state index in [-0.39, 0.29) is 6.04 Å². The number of benzene rings is 2. The highest BCUT2D eigenvalue weighted by Crippen LogP contribution is 2.26. The number of ether oxygens (including phenoxy) is 1. The molecule has 0 radical (unpaired) electrons. The number of hydrogen-bond acceptors (Lipinski definition) is 2. The Bertz CT molecular complexity index is 568. The van der Waals surface area contributed by atoms with Crippen LogP contribution in [0, 0.1) is 6.92 Å². The van der Waals surface area contributed by atoms with Gasteiger partial charge in [0.05, 0.1) is 7.11 Å². The van der Waals surface area contributed by atoms with Gasteiger partial charge in [-0.25, -0.2) is 0 Å². The normalized spacial score (nSPS) is 12.2. The summed E-state index contributed by atoms with van der Waals surface area (Å²) in [4.78, 5) is 0. The van der Waals surface area contributed by atoms with Gasteiger partial charge >= 0.3 is 0 Å². The Morgan fingerprint density at radius 3 is 2.63 bits per heavy atom. The van der Waals surface area contributed by atoms with E-state index in [9.17, 15) is 0 Å². The minimum atomic E-state index is -0.0885. The predicted octanol–water partition coefficient (Wildman–Crippen LogP) is 3.90. The molecule has 1 unspecified atom stereocenters. The molecule has 0 amide bonds. The Kier molecular flexibility index (Phi) is 4.46. The van der Waals surface area contributed by atoms with E-state index in [4.69, 9.17) is 22.1 Å². The Balaban J connectivity index is 2.20. The van der Waals surface area contributed by atoms with Gasteiger partial charge in [0.25, 0.3) is 0 Å². The van der Waals surface area contributed by atoms with Gasteiger partial charge in [0.1, 0.15) is 5.75 Å². The third-order valence-electron chi connectivity index (χ3n) is 3.26. The summed E-state index contributed by atoms with van der Waals surface area (Å²) in [5, 5.41) is 0.757. The molecule has 100 valence electrons. The minimum Gasteiger partial charge on any atom is -0.496 e. The SMILES string of the molecule is COc1ccccc1CC(N)c1ccc(C)c(Cl)c1. The van der Waals surface area contributed by atoms with Crippen molar-refractivity contribution in [2.75, 3.05) is 7.11 Å². The molecule has 0 spiro atoms. The molecule has 2 rings (SSSR count). The summed E-state index contributed by atoms with van der Waals surface area (Å²) in [5.74, 6) is 0.871. The predicted molar refractivity (Wildman–Crippen MR) is 79.8 cm³/mol. The van der Waals surface area contributed by atoms with E-state index >= 15 is 0 Å². The summed E-state index contributed by atoms with van der Waals surface area (Å²) in [6.45, 7) is 1.98. The molecule has 0 bridgehead atoms. The molecule has 0 fully saturated rings. The van der Waals surface area contributed by atoms with Gasteiger partial charge in [-0.1, -0.05) is 41.9 Å². The second-order valence-electron chi connectivity index (χ2n) is 4.63. The first-order valence-electron chi connectivity index (χ1n) is 6.25. The standard InChI is InChI=1S/C16H18ClNO/c1-11-7-8-12(9-14(11)17)15(18)10-13-5-3-4-6-16(13)19-2/h3-9,15H,10,18H2,1-2H3. The van der Waals surface area contributed by atoms with Crippen LogP contribution in [-0.4, -0.2) is 7.11 Å². The fourth-order valence-electron chi connectivity index (χ4n) is 2.07. The Morgan fingerprint density at radius 1 is 1.21 bits per heavy atom. The monoisotopic (exact) mass is 275 g/mol. The van der Waals surface area contributed by atoms with Crippen LogP contribution in [0.2, 0.25) is 5.02 Å². The number of para-hydroxylation sites is 1. The quantitative estimate of drug-likeness (QED) is 0.918. The number of hydrogen-bond donors (Lipinski definition) is 1. The molecule has 19 heavy (non-hydrogen) atoms. The maximum absolute atomic E-state index is 6.26. The highest BCUT2D eigenvalue weighted by molar-refractivity contribution is 6.31. The molecule has 0 aliphatic heterocycles. The van der Waals surface area contributed by atoms with E-state index in [1.807, 2.05) is 49.4 Å². The van der Waals surface area contributed by atoms with Crippen molar-refractivity contribution >= 4 is 11.6 Å². The summed E-state index contributed by atoms with van der Waals surface area (Å²) < 4.78 is 5.34. The lowest BCUT2D eigenvalue weighted by molar-refractivity contribution is 0.408. The zero-order valence-corrected chi connectivity index (χ0v) is 11.9. The smallest absolute Gasteiger partial charge is 0.122 e. The summed E-state index contributed by atoms with van der Waals surface area (Å²) in [5.41, 5.74) is 9.47. The first-order chi connectivity index (χ1) is 9.11. The molecule has 2 aromatic rings. The number of rotatable bonds is 4. The average Bonchev–Trinajstić information content (AvgIpc) is 2.42. The first kappa shape index (κ1) is 13.9. The summed E-state index contributed by atoms with van der Waals surface area (Å²) >= 11 is 6.14. The molecule has 0 aliphatic rings. The maximum atomic E-state index is 6.26. The van der Waals surface area contributed by atoms with Crippen molar-refractivity contribution in [1.29, 1.82) is 0 Å². The molecule has 2 aromatic carbocycles. The first-order valence-corrected chi connectivity index (χ1v) is 6.63. The number of halogens is 1. The lowest BCUT2D eigenvalue weighted by Crippen LogP contribution is -2.14. The van der Waals surface area contributed by atoms with Crippen LogP contribution in [0.3, 0.4) is 0 Å². The van der Waals surface area contributed by atoms with Gasteiger partial charge in [0, 0.05) is 11.1 Å². The Labute approximate surface area is 119 Å². The van der Waals surface area contributed by atoms with Gasteiger partial charge in [-0.15, -0.1) is 0 Å². The lowest BCUT2D eigenvalue weighted by atomic mass is 9.98. The van der Waals surface area contributed by atoms with E-state index in [2.05, 4.69) is 0 Å². The van der Waals surface area contributed by atoms with E-state index in [0.717, 1.165) is 33.9 Å². The number of nitrogens with two attached hydrogens (primary N) is 1. The highest BCUT2D eigenvalue weighted by atomic mass is 35.5. The van der Waals surface area contributed by atoms with Crippen LogP contribution in [0.1, 0.15) is 22.7 Å². The molecule has 1 atom stereocenters. The van der Waals surface area contributed by atoms with Crippen molar-refractivity contribution in [1.82, 2.24) is 0 Å². The molecule has 0 aromatic heterocycles. The fraction of sp³-hybridized carbons (Fsp3) is 0.250. The van der Waals surface area contributed by atoms with Crippen LogP contribution < -0.4 is 10.5 Å². The molecule has 0 saturated heterocycles. The second kappa shape index (κ2) is 6.09. The highest BCUT2D eigenvalue weighted by Gasteiger charge is 2.11. The van der Waals surface area contributed by atoms with Gasteiger partial charge in [-0.2, -0.15) is 0 Å². The molecule has 3 heteroatoms. The minimum absolute atomic E-state index is 0.0885. The van der Waals surface area contributed by atoms with E-state index in [0.29, 0.717) is 0 Å². The van der Waals surface area contributed by atoms with Gasteiger partial charge in [-0.05, 0) is 42.2 Å². The van der Waals surface area contributed by atoms with Crippen LogP contribution in [0.5, 0.6) is 5.75 Å². The zero-order valence-electron chi connectivity index (χ0n) is 11.2. The molecule has 0 aliphatic carbocycles. The van der Waals surface area contributed by atoms with Crippen LogP contribution >= 0.6 is 11.6 Å². The van der Waals surface area contributed by atoms with Crippen molar-refractivity contribution in [2.45, 2.75) is 19.4 Å². The molecule has 0 heterocycles. The van der Waals surface area contributed by atoms with Crippen molar-refractivity contribution in [3.8, 4) is 5.75 Å². The maximum Gasteiger partial charge on any atom is 0.122 e. The van der Waals surface area contributed by atoms with Gasteiger partial charge in [0.15, 0.2) is 0 Å². The third kappa shape index (κ3) is 3.28. The summed E-state index contributed by atoms with van der Waals surface area (Å²) in [6.07, 6.45) is 0.726. The third-order valence-corrected chi connectivity index (χ3v) is 3.66. The molecular formula is C16H18ClNO. The van der Waals surface area contributed by atoms with Gasteiger partial charge in [0.2, 0.25) is 0 Å². The van der Waals surface area contributed by atoms with E-state index in [1.54, 1.807) is 7.11 Å². The lowest BCUT2D eigenvalue weighted by Gasteiger charge is -2.15. The van der Waals surface area contributed by atoms with Crippen molar-refractivity contribution in [2.24, 2.45) is 5.73 Å². The van der Waals surface area contributed by atoms with E-state index < -0.39 is 0 Å². The van der Waals surface area contributed by atoms with Crippen LogP contribution in [0.25, 0.3) is 0 Å². The molecule has 2 nitrogen and oxygen atoms in total.